The number of methoxy groups -OCH3 is 1. The lowest BCUT2D eigenvalue weighted by atomic mass is 10.2. The van der Waals surface area contributed by atoms with Gasteiger partial charge in [0.2, 0.25) is 5.91 Å². The van der Waals surface area contributed by atoms with Crippen molar-refractivity contribution in [1.82, 2.24) is 10.9 Å². The molecule has 5 heteroatoms. The number of amides is 2. The topological polar surface area (TPSA) is 67.4 Å². The minimum atomic E-state index is -0.375. The third kappa shape index (κ3) is 3.84. The summed E-state index contributed by atoms with van der Waals surface area (Å²) < 4.78 is 5.16. The highest BCUT2D eigenvalue weighted by Gasteiger charge is 2.29. The Morgan fingerprint density at radius 3 is 2.68 bits per heavy atom. The molecule has 0 spiro atoms. The number of hydrogen-bond acceptors (Lipinski definition) is 3. The number of hydrogen-bond donors (Lipinski definition) is 2. The van der Waals surface area contributed by atoms with E-state index in [1.807, 2.05) is 24.3 Å². The van der Waals surface area contributed by atoms with Gasteiger partial charge in [-0.1, -0.05) is 18.2 Å². The van der Waals surface area contributed by atoms with Crippen LogP contribution in [0.15, 0.2) is 30.3 Å². The summed E-state index contributed by atoms with van der Waals surface area (Å²) in [7, 11) is 1.57. The number of rotatable bonds is 4. The van der Waals surface area contributed by atoms with Crippen molar-refractivity contribution in [3.63, 3.8) is 0 Å². The maximum atomic E-state index is 11.5. The van der Waals surface area contributed by atoms with E-state index < -0.39 is 0 Å². The predicted octanol–water partition coefficient (Wildman–Crippen LogP) is 1.27. The van der Waals surface area contributed by atoms with Gasteiger partial charge in [-0.15, -0.1) is 0 Å². The van der Waals surface area contributed by atoms with Crippen LogP contribution in [0.25, 0.3) is 6.08 Å². The van der Waals surface area contributed by atoms with Gasteiger partial charge in [-0.3, -0.25) is 20.4 Å². The van der Waals surface area contributed by atoms with Crippen LogP contribution < -0.4 is 15.6 Å². The molecule has 1 aromatic carbocycles. The molecule has 0 unspecified atom stereocenters. The Hall–Kier alpha value is -2.30. The molecule has 0 heterocycles. The van der Waals surface area contributed by atoms with Crippen molar-refractivity contribution in [2.45, 2.75) is 12.8 Å². The molecule has 0 radical (unpaired) electrons. The normalized spacial score (nSPS) is 14.2. The molecule has 1 saturated carbocycles. The third-order valence-electron chi connectivity index (χ3n) is 2.81. The molecule has 1 aromatic rings. The lowest BCUT2D eigenvalue weighted by molar-refractivity contribution is -0.127. The van der Waals surface area contributed by atoms with Gasteiger partial charge in [-0.25, -0.2) is 0 Å². The molecular weight excluding hydrogens is 244 g/mol. The first-order chi connectivity index (χ1) is 9.20. The Balaban J connectivity index is 1.86. The van der Waals surface area contributed by atoms with Gasteiger partial charge in [0.05, 0.1) is 7.11 Å². The molecule has 2 rings (SSSR count). The van der Waals surface area contributed by atoms with E-state index in [1.165, 1.54) is 6.08 Å². The summed E-state index contributed by atoms with van der Waals surface area (Å²) in [4.78, 5) is 22.8. The van der Waals surface area contributed by atoms with Gasteiger partial charge >= 0.3 is 0 Å². The van der Waals surface area contributed by atoms with E-state index in [0.29, 0.717) is 5.75 Å². The van der Waals surface area contributed by atoms with Gasteiger partial charge < -0.3 is 4.74 Å². The number of carbonyl (C=O) groups is 2. The van der Waals surface area contributed by atoms with Crippen LogP contribution in [0.2, 0.25) is 0 Å². The average Bonchev–Trinajstić information content (AvgIpc) is 3.27. The summed E-state index contributed by atoms with van der Waals surface area (Å²) in [5, 5.41) is 0. The molecule has 0 bridgehead atoms. The second kappa shape index (κ2) is 6.04. The number of carbonyl (C=O) groups excluding carboxylic acids is 2. The molecule has 1 aliphatic rings. The Bertz CT molecular complexity index is 507. The van der Waals surface area contributed by atoms with Crippen LogP contribution in [0.3, 0.4) is 0 Å². The SMILES string of the molecule is COc1ccccc1C=CC(=O)NNC(=O)C1CC1. The Kier molecular flexibility index (Phi) is 4.18. The molecule has 2 amide bonds. The first kappa shape index (κ1) is 13.1. The van der Waals surface area contributed by atoms with E-state index in [0.717, 1.165) is 18.4 Å². The molecule has 0 atom stereocenters. The van der Waals surface area contributed by atoms with Crippen molar-refractivity contribution >= 4 is 17.9 Å². The van der Waals surface area contributed by atoms with E-state index in [9.17, 15) is 9.59 Å². The van der Waals surface area contributed by atoms with Gasteiger partial charge in [0.25, 0.3) is 5.91 Å². The van der Waals surface area contributed by atoms with Crippen LogP contribution >= 0.6 is 0 Å². The lowest BCUT2D eigenvalue weighted by Crippen LogP contribution is -2.41. The molecule has 0 saturated heterocycles. The van der Waals surface area contributed by atoms with Crippen LogP contribution in [-0.2, 0) is 9.59 Å². The van der Waals surface area contributed by atoms with Crippen LogP contribution in [0, 0.1) is 5.92 Å². The Morgan fingerprint density at radius 1 is 1.26 bits per heavy atom. The van der Waals surface area contributed by atoms with Crippen molar-refractivity contribution in [2.75, 3.05) is 7.11 Å². The van der Waals surface area contributed by atoms with Gasteiger partial charge in [0, 0.05) is 17.6 Å². The quantitative estimate of drug-likeness (QED) is 0.632. The van der Waals surface area contributed by atoms with E-state index in [2.05, 4.69) is 10.9 Å². The van der Waals surface area contributed by atoms with Gasteiger partial charge in [-0.05, 0) is 25.0 Å². The van der Waals surface area contributed by atoms with Gasteiger partial charge in [0.1, 0.15) is 5.75 Å². The fraction of sp³-hybridized carbons (Fsp3) is 0.286. The van der Waals surface area contributed by atoms with Crippen LogP contribution in [0.4, 0.5) is 0 Å². The standard InChI is InChI=1S/C14H16N2O3/c1-19-12-5-3-2-4-10(12)8-9-13(17)15-16-14(18)11-6-7-11/h2-5,8-9,11H,6-7H2,1H3,(H,15,17)(H,16,18). The monoisotopic (exact) mass is 260 g/mol. The second-order valence-electron chi connectivity index (χ2n) is 4.33. The van der Waals surface area contributed by atoms with Crippen LogP contribution in [-0.4, -0.2) is 18.9 Å². The van der Waals surface area contributed by atoms with E-state index >= 15 is 0 Å². The number of para-hydroxylation sites is 1. The maximum absolute atomic E-state index is 11.5. The molecule has 1 aliphatic carbocycles. The summed E-state index contributed by atoms with van der Waals surface area (Å²) in [6.07, 6.45) is 4.79. The fourth-order valence-electron chi connectivity index (χ4n) is 1.58. The lowest BCUT2D eigenvalue weighted by Gasteiger charge is -2.05. The summed E-state index contributed by atoms with van der Waals surface area (Å²) in [5.74, 6) is 0.256. The van der Waals surface area contributed by atoms with Gasteiger partial charge in [0.15, 0.2) is 0 Å². The van der Waals surface area contributed by atoms with Crippen LogP contribution in [0.1, 0.15) is 18.4 Å². The second-order valence-corrected chi connectivity index (χ2v) is 4.33. The van der Waals surface area contributed by atoms with Crippen molar-refractivity contribution in [3.05, 3.63) is 35.9 Å². The molecule has 19 heavy (non-hydrogen) atoms. The number of ether oxygens (including phenoxy) is 1. The van der Waals surface area contributed by atoms with Crippen molar-refractivity contribution in [2.24, 2.45) is 5.92 Å². The van der Waals surface area contributed by atoms with Gasteiger partial charge in [-0.2, -0.15) is 0 Å². The predicted molar refractivity (Wildman–Crippen MR) is 71.0 cm³/mol. The first-order valence-electron chi connectivity index (χ1n) is 6.11. The highest BCUT2D eigenvalue weighted by atomic mass is 16.5. The molecule has 5 nitrogen and oxygen atoms in total. The summed E-state index contributed by atoms with van der Waals surface area (Å²) in [6, 6.07) is 7.36. The maximum Gasteiger partial charge on any atom is 0.262 e. The first-order valence-corrected chi connectivity index (χ1v) is 6.11. The molecular formula is C14H16N2O3. The zero-order valence-electron chi connectivity index (χ0n) is 10.7. The Morgan fingerprint density at radius 2 is 2.00 bits per heavy atom. The average molecular weight is 260 g/mol. The largest absolute Gasteiger partial charge is 0.496 e. The van der Waals surface area contributed by atoms with E-state index in [-0.39, 0.29) is 17.7 Å². The van der Waals surface area contributed by atoms with Crippen molar-refractivity contribution in [3.8, 4) is 5.75 Å². The molecule has 2 N–H and O–H groups in total. The van der Waals surface area contributed by atoms with Crippen molar-refractivity contribution < 1.29 is 14.3 Å². The Labute approximate surface area is 111 Å². The minimum absolute atomic E-state index is 0.0681. The fourth-order valence-corrected chi connectivity index (χ4v) is 1.58. The molecule has 1 fully saturated rings. The number of benzene rings is 1. The number of hydrazine groups is 1. The zero-order valence-corrected chi connectivity index (χ0v) is 10.7. The molecule has 0 aromatic heterocycles. The molecule has 0 aliphatic heterocycles. The van der Waals surface area contributed by atoms with E-state index in [1.54, 1.807) is 13.2 Å². The highest BCUT2D eigenvalue weighted by Crippen LogP contribution is 2.28. The smallest absolute Gasteiger partial charge is 0.262 e. The highest BCUT2D eigenvalue weighted by molar-refractivity contribution is 5.93. The molecule has 100 valence electrons. The number of nitrogens with one attached hydrogen (secondary N) is 2. The zero-order chi connectivity index (χ0) is 13.7. The van der Waals surface area contributed by atoms with Crippen molar-refractivity contribution in [1.29, 1.82) is 0 Å². The van der Waals surface area contributed by atoms with Crippen LogP contribution in [0.5, 0.6) is 5.75 Å². The summed E-state index contributed by atoms with van der Waals surface area (Å²) in [5.41, 5.74) is 5.53. The van der Waals surface area contributed by atoms with E-state index in [4.69, 9.17) is 4.74 Å². The summed E-state index contributed by atoms with van der Waals surface area (Å²) >= 11 is 0. The minimum Gasteiger partial charge on any atom is -0.496 e. The third-order valence-corrected chi connectivity index (χ3v) is 2.81. The summed E-state index contributed by atoms with van der Waals surface area (Å²) in [6.45, 7) is 0.